The van der Waals surface area contributed by atoms with Crippen LogP contribution in [0, 0.1) is 5.82 Å². The molecular formula is C6H6FN5. The van der Waals surface area contributed by atoms with Crippen LogP contribution in [0.25, 0.3) is 5.65 Å². The highest BCUT2D eigenvalue weighted by atomic mass is 19.1. The van der Waals surface area contributed by atoms with Crippen LogP contribution >= 0.6 is 0 Å². The summed E-state index contributed by atoms with van der Waals surface area (Å²) < 4.78 is 14.2. The van der Waals surface area contributed by atoms with Crippen LogP contribution in [-0.2, 0) is 0 Å². The van der Waals surface area contributed by atoms with E-state index in [1.54, 1.807) is 7.05 Å². The van der Waals surface area contributed by atoms with Gasteiger partial charge in [-0.1, -0.05) is 0 Å². The summed E-state index contributed by atoms with van der Waals surface area (Å²) in [5.41, 5.74) is 0.175. The second kappa shape index (κ2) is 2.40. The van der Waals surface area contributed by atoms with Crippen molar-refractivity contribution in [1.29, 1.82) is 0 Å². The van der Waals surface area contributed by atoms with E-state index in [4.69, 9.17) is 0 Å². The monoisotopic (exact) mass is 167 g/mol. The topological polar surface area (TPSA) is 55.1 Å². The average Bonchev–Trinajstić information content (AvgIpc) is 2.48. The lowest BCUT2D eigenvalue weighted by Gasteiger charge is -1.99. The normalized spacial score (nSPS) is 10.5. The minimum Gasteiger partial charge on any atom is -0.357 e. The summed E-state index contributed by atoms with van der Waals surface area (Å²) in [5.74, 6) is 0.0119. The maximum atomic E-state index is 12.9. The first-order valence-corrected chi connectivity index (χ1v) is 3.35. The van der Waals surface area contributed by atoms with E-state index in [9.17, 15) is 4.39 Å². The van der Waals surface area contributed by atoms with Crippen LogP contribution in [0.15, 0.2) is 12.5 Å². The zero-order chi connectivity index (χ0) is 8.55. The van der Waals surface area contributed by atoms with E-state index >= 15 is 0 Å². The van der Waals surface area contributed by atoms with Crippen molar-refractivity contribution in [1.82, 2.24) is 19.6 Å². The summed E-state index contributed by atoms with van der Waals surface area (Å²) in [6.07, 6.45) is 2.39. The number of halogens is 1. The molecule has 0 spiro atoms. The summed E-state index contributed by atoms with van der Waals surface area (Å²) in [6, 6.07) is 0. The number of nitrogens with zero attached hydrogens (tertiary/aromatic N) is 4. The van der Waals surface area contributed by atoms with Crippen molar-refractivity contribution in [3.63, 3.8) is 0 Å². The van der Waals surface area contributed by atoms with Gasteiger partial charge < -0.3 is 5.32 Å². The van der Waals surface area contributed by atoms with Crippen LogP contribution in [0.1, 0.15) is 0 Å². The van der Waals surface area contributed by atoms with E-state index in [0.717, 1.165) is 6.20 Å². The Bertz CT molecular complexity index is 409. The molecule has 0 aliphatic carbocycles. The van der Waals surface area contributed by atoms with Gasteiger partial charge in [0.15, 0.2) is 11.5 Å². The van der Waals surface area contributed by atoms with Gasteiger partial charge in [-0.2, -0.15) is 9.61 Å². The summed E-state index contributed by atoms with van der Waals surface area (Å²) in [5, 5.41) is 6.51. The molecule has 0 aliphatic heterocycles. The van der Waals surface area contributed by atoms with Gasteiger partial charge in [0.05, 0.1) is 6.20 Å². The zero-order valence-corrected chi connectivity index (χ0v) is 6.32. The first-order valence-electron chi connectivity index (χ1n) is 3.35. The third kappa shape index (κ3) is 0.810. The first kappa shape index (κ1) is 6.96. The van der Waals surface area contributed by atoms with Crippen LogP contribution in [-0.4, -0.2) is 26.6 Å². The highest BCUT2D eigenvalue weighted by Crippen LogP contribution is 2.07. The summed E-state index contributed by atoms with van der Waals surface area (Å²) in [7, 11) is 1.68. The fraction of sp³-hybridized carbons (Fsp3) is 0.167. The van der Waals surface area contributed by atoms with Crippen molar-refractivity contribution in [2.45, 2.75) is 0 Å². The van der Waals surface area contributed by atoms with Crippen LogP contribution in [0.5, 0.6) is 0 Å². The molecule has 6 heteroatoms. The molecule has 1 N–H and O–H groups in total. The summed E-state index contributed by atoms with van der Waals surface area (Å²) in [4.78, 5) is 7.57. The minimum absolute atomic E-state index is 0.175. The van der Waals surface area contributed by atoms with Gasteiger partial charge in [0.2, 0.25) is 5.95 Å². The maximum absolute atomic E-state index is 12.9. The molecule has 0 amide bonds. The predicted molar refractivity (Wildman–Crippen MR) is 40.3 cm³/mol. The summed E-state index contributed by atoms with van der Waals surface area (Å²) >= 11 is 0. The van der Waals surface area contributed by atoms with Crippen molar-refractivity contribution >= 4 is 11.6 Å². The van der Waals surface area contributed by atoms with Crippen LogP contribution < -0.4 is 5.32 Å². The molecule has 0 unspecified atom stereocenters. The molecule has 0 radical (unpaired) electrons. The Kier molecular flexibility index (Phi) is 1.39. The average molecular weight is 167 g/mol. The largest absolute Gasteiger partial charge is 0.357 e. The summed E-state index contributed by atoms with van der Waals surface area (Å²) in [6.45, 7) is 0. The molecule has 2 aromatic heterocycles. The standard InChI is InChI=1S/C6H6FN5/c1-8-6-10-3-9-5-4(7)2-11-12(5)6/h2-3H,1H3,(H,8,9,10). The minimum atomic E-state index is -0.450. The first-order chi connectivity index (χ1) is 5.83. The third-order valence-electron chi connectivity index (χ3n) is 1.49. The quantitative estimate of drug-likeness (QED) is 0.663. The van der Waals surface area contributed by atoms with Gasteiger partial charge in [0.1, 0.15) is 6.33 Å². The van der Waals surface area contributed by atoms with E-state index in [1.807, 2.05) is 0 Å². The van der Waals surface area contributed by atoms with E-state index in [-0.39, 0.29) is 5.65 Å². The number of fused-ring (bicyclic) bond motifs is 1. The molecule has 0 aromatic carbocycles. The van der Waals surface area contributed by atoms with E-state index in [0.29, 0.717) is 5.95 Å². The zero-order valence-electron chi connectivity index (χ0n) is 6.32. The molecule has 0 aliphatic rings. The SMILES string of the molecule is CNc1ncnc2c(F)cnn12. The van der Waals surface area contributed by atoms with E-state index < -0.39 is 5.82 Å². The highest BCUT2D eigenvalue weighted by molar-refractivity contribution is 5.43. The molecule has 5 nitrogen and oxygen atoms in total. The second-order valence-electron chi connectivity index (χ2n) is 2.18. The van der Waals surface area contributed by atoms with Crippen molar-refractivity contribution in [3.05, 3.63) is 18.3 Å². The number of hydrogen-bond donors (Lipinski definition) is 1. The Morgan fingerprint density at radius 1 is 1.50 bits per heavy atom. The number of nitrogens with one attached hydrogen (secondary N) is 1. The van der Waals surface area contributed by atoms with Gasteiger partial charge in [-0.05, 0) is 0 Å². The van der Waals surface area contributed by atoms with Gasteiger partial charge in [-0.3, -0.25) is 0 Å². The van der Waals surface area contributed by atoms with Crippen LogP contribution in [0.3, 0.4) is 0 Å². The lowest BCUT2D eigenvalue weighted by atomic mass is 10.6. The molecule has 2 heterocycles. The Labute approximate surface area is 67.3 Å². The van der Waals surface area contributed by atoms with Crippen molar-refractivity contribution in [3.8, 4) is 0 Å². The third-order valence-corrected chi connectivity index (χ3v) is 1.49. The van der Waals surface area contributed by atoms with Gasteiger partial charge in [-0.15, -0.1) is 0 Å². The molecule has 2 aromatic rings. The van der Waals surface area contributed by atoms with Gasteiger partial charge >= 0.3 is 0 Å². The van der Waals surface area contributed by atoms with Crippen LogP contribution in [0.4, 0.5) is 10.3 Å². The number of aromatic nitrogens is 4. The number of hydrogen-bond acceptors (Lipinski definition) is 4. The molecule has 12 heavy (non-hydrogen) atoms. The van der Waals surface area contributed by atoms with E-state index in [1.165, 1.54) is 10.8 Å². The Hall–Kier alpha value is -1.72. The van der Waals surface area contributed by atoms with Crippen molar-refractivity contribution in [2.75, 3.05) is 12.4 Å². The molecule has 0 bridgehead atoms. The van der Waals surface area contributed by atoms with Crippen molar-refractivity contribution in [2.24, 2.45) is 0 Å². The lowest BCUT2D eigenvalue weighted by Crippen LogP contribution is -2.03. The molecule has 62 valence electrons. The molecule has 0 saturated heterocycles. The van der Waals surface area contributed by atoms with E-state index in [2.05, 4.69) is 20.4 Å². The van der Waals surface area contributed by atoms with Gasteiger partial charge in [0.25, 0.3) is 0 Å². The van der Waals surface area contributed by atoms with Gasteiger partial charge in [-0.25, -0.2) is 14.4 Å². The Morgan fingerprint density at radius 3 is 3.08 bits per heavy atom. The Morgan fingerprint density at radius 2 is 2.33 bits per heavy atom. The fourth-order valence-corrected chi connectivity index (χ4v) is 0.957. The van der Waals surface area contributed by atoms with Crippen LogP contribution in [0.2, 0.25) is 0 Å². The smallest absolute Gasteiger partial charge is 0.227 e. The second-order valence-corrected chi connectivity index (χ2v) is 2.18. The molecule has 0 atom stereocenters. The van der Waals surface area contributed by atoms with Gasteiger partial charge in [0, 0.05) is 7.05 Å². The number of rotatable bonds is 1. The lowest BCUT2D eigenvalue weighted by molar-refractivity contribution is 0.635. The Balaban J connectivity index is 2.81. The molecule has 0 fully saturated rings. The number of anilines is 1. The fourth-order valence-electron chi connectivity index (χ4n) is 0.957. The molecule has 2 rings (SSSR count). The predicted octanol–water partition coefficient (Wildman–Crippen LogP) is 0.305. The highest BCUT2D eigenvalue weighted by Gasteiger charge is 2.06. The molecule has 0 saturated carbocycles. The maximum Gasteiger partial charge on any atom is 0.227 e. The molecular weight excluding hydrogens is 161 g/mol. The van der Waals surface area contributed by atoms with Crippen molar-refractivity contribution < 1.29 is 4.39 Å².